The zero-order chi connectivity index (χ0) is 31.0. The maximum Gasteiger partial charge on any atom is 0.416 e. The van der Waals surface area contributed by atoms with Crippen molar-refractivity contribution in [2.45, 2.75) is 52.4 Å². The van der Waals surface area contributed by atoms with Crippen molar-refractivity contribution in [3.05, 3.63) is 76.5 Å². The summed E-state index contributed by atoms with van der Waals surface area (Å²) in [6.07, 6.45) is -1.34. The number of alkyl halides is 3. The molecule has 2 aliphatic rings. The Morgan fingerprint density at radius 1 is 1.09 bits per heavy atom. The molecule has 0 bridgehead atoms. The highest BCUT2D eigenvalue weighted by atomic mass is 19.4. The Bertz CT molecular complexity index is 1660. The molecule has 3 aromatic heterocycles. The number of hydrogen-bond donors (Lipinski definition) is 1. The van der Waals surface area contributed by atoms with Crippen LogP contribution in [-0.4, -0.2) is 79.8 Å². The number of pyridine rings is 2. The Balaban J connectivity index is 1.16. The van der Waals surface area contributed by atoms with Crippen LogP contribution >= 0.6 is 0 Å². The highest BCUT2D eigenvalue weighted by molar-refractivity contribution is 5.79. The number of carbonyl (C=O) groups is 1. The molecule has 1 N–H and O–H groups in total. The summed E-state index contributed by atoms with van der Waals surface area (Å²) in [5.74, 6) is 1.51. The minimum absolute atomic E-state index is 0.0408. The molecular formula is C32H36F3N7O2. The van der Waals surface area contributed by atoms with Crippen LogP contribution in [0.2, 0.25) is 0 Å². The van der Waals surface area contributed by atoms with Crippen molar-refractivity contribution in [1.29, 1.82) is 0 Å². The number of likely N-dealkylation sites (N-methyl/N-ethyl adjacent to an activating group) is 1. The number of nitrogens with one attached hydrogen (secondary N) is 1. The number of fused-ring (bicyclic) bond motifs is 2. The molecule has 1 amide bonds. The van der Waals surface area contributed by atoms with E-state index in [1.807, 2.05) is 19.9 Å². The summed E-state index contributed by atoms with van der Waals surface area (Å²) in [6, 6.07) is 7.95. The minimum atomic E-state index is -4.50. The second kappa shape index (κ2) is 12.2. The summed E-state index contributed by atoms with van der Waals surface area (Å²) in [4.78, 5) is 35.9. The Hall–Kier alpha value is -4.03. The third kappa shape index (κ3) is 6.41. The number of imidazole rings is 1. The lowest BCUT2D eigenvalue weighted by atomic mass is 9.95. The summed E-state index contributed by atoms with van der Waals surface area (Å²) in [5.41, 5.74) is 2.88. The maximum atomic E-state index is 14.1. The molecular weight excluding hydrogens is 571 g/mol. The van der Waals surface area contributed by atoms with E-state index >= 15 is 0 Å². The van der Waals surface area contributed by atoms with E-state index in [9.17, 15) is 18.0 Å². The first-order valence-electron chi connectivity index (χ1n) is 15.0. The van der Waals surface area contributed by atoms with Crippen LogP contribution in [0.4, 0.5) is 13.2 Å². The molecule has 1 fully saturated rings. The van der Waals surface area contributed by atoms with Crippen molar-refractivity contribution >= 4 is 17.1 Å². The number of carbonyl (C=O) groups excluding carboxylic acids is 1. The number of aryl methyl sites for hydroxylation is 1. The van der Waals surface area contributed by atoms with E-state index in [2.05, 4.69) is 36.7 Å². The van der Waals surface area contributed by atoms with E-state index in [4.69, 9.17) is 4.74 Å². The predicted molar refractivity (Wildman–Crippen MR) is 159 cm³/mol. The molecule has 2 aliphatic heterocycles. The van der Waals surface area contributed by atoms with Gasteiger partial charge in [-0.3, -0.25) is 14.7 Å². The minimum Gasteiger partial charge on any atom is -0.453 e. The van der Waals surface area contributed by atoms with Gasteiger partial charge in [-0.25, -0.2) is 9.97 Å². The highest BCUT2D eigenvalue weighted by Gasteiger charge is 2.35. The van der Waals surface area contributed by atoms with Crippen LogP contribution in [0.5, 0.6) is 11.5 Å². The van der Waals surface area contributed by atoms with Crippen molar-refractivity contribution in [3.8, 4) is 11.5 Å². The lowest BCUT2D eigenvalue weighted by molar-refractivity contribution is -0.138. The van der Waals surface area contributed by atoms with Crippen LogP contribution in [0.1, 0.15) is 53.5 Å². The number of benzene rings is 1. The van der Waals surface area contributed by atoms with E-state index in [0.717, 1.165) is 55.9 Å². The summed E-state index contributed by atoms with van der Waals surface area (Å²) in [7, 11) is 0. The first-order valence-corrected chi connectivity index (χ1v) is 15.0. The summed E-state index contributed by atoms with van der Waals surface area (Å²) < 4.78 is 48.5. The maximum absolute atomic E-state index is 14.1. The number of rotatable bonds is 7. The van der Waals surface area contributed by atoms with E-state index in [-0.39, 0.29) is 30.4 Å². The van der Waals surface area contributed by atoms with Crippen molar-refractivity contribution < 1.29 is 22.7 Å². The predicted octanol–water partition coefficient (Wildman–Crippen LogP) is 5.30. The molecule has 0 spiro atoms. The lowest BCUT2D eigenvalue weighted by Gasteiger charge is -2.34. The molecule has 1 aromatic carbocycles. The molecule has 0 aliphatic carbocycles. The van der Waals surface area contributed by atoms with Gasteiger partial charge in [0.05, 0.1) is 23.9 Å². The monoisotopic (exact) mass is 607 g/mol. The second-order valence-corrected chi connectivity index (χ2v) is 11.7. The Kier molecular flexibility index (Phi) is 8.30. The number of amides is 1. The molecule has 0 saturated carbocycles. The van der Waals surface area contributed by atoms with Crippen LogP contribution in [-0.2, 0) is 30.5 Å². The second-order valence-electron chi connectivity index (χ2n) is 11.7. The summed E-state index contributed by atoms with van der Waals surface area (Å²) >= 11 is 0. The third-order valence-corrected chi connectivity index (χ3v) is 8.49. The molecule has 44 heavy (non-hydrogen) atoms. The van der Waals surface area contributed by atoms with Gasteiger partial charge in [0.15, 0.2) is 11.4 Å². The quantitative estimate of drug-likeness (QED) is 0.305. The van der Waals surface area contributed by atoms with Gasteiger partial charge in [-0.1, -0.05) is 26.0 Å². The molecule has 1 atom stereocenters. The fraction of sp³-hybridized carbons (Fsp3) is 0.438. The number of ether oxygens (including phenoxy) is 1. The average molecular weight is 608 g/mol. The number of aromatic nitrogens is 4. The largest absolute Gasteiger partial charge is 0.453 e. The van der Waals surface area contributed by atoms with Crippen molar-refractivity contribution in [3.63, 3.8) is 0 Å². The Labute approximate surface area is 254 Å². The van der Waals surface area contributed by atoms with Gasteiger partial charge < -0.3 is 19.5 Å². The smallest absolute Gasteiger partial charge is 0.416 e. The number of hydrogen-bond acceptors (Lipinski definition) is 7. The van der Waals surface area contributed by atoms with Crippen LogP contribution in [0.3, 0.4) is 0 Å². The van der Waals surface area contributed by atoms with Gasteiger partial charge >= 0.3 is 6.18 Å². The number of aromatic amines is 1. The number of nitrogens with zero attached hydrogens (tertiary/aromatic N) is 6. The molecule has 0 radical (unpaired) electrons. The number of H-pyrrole nitrogens is 1. The van der Waals surface area contributed by atoms with Gasteiger partial charge in [0.1, 0.15) is 17.1 Å². The van der Waals surface area contributed by atoms with E-state index in [1.54, 1.807) is 29.4 Å². The van der Waals surface area contributed by atoms with Gasteiger partial charge in [-0.05, 0) is 42.3 Å². The molecule has 12 heteroatoms. The average Bonchev–Trinajstić information content (AvgIpc) is 3.39. The van der Waals surface area contributed by atoms with Gasteiger partial charge in [-0.15, -0.1) is 0 Å². The molecule has 1 saturated heterocycles. The summed E-state index contributed by atoms with van der Waals surface area (Å²) in [5, 5.41) is 0. The molecule has 1 unspecified atom stereocenters. The lowest BCUT2D eigenvalue weighted by Crippen LogP contribution is -2.45. The van der Waals surface area contributed by atoms with Crippen molar-refractivity contribution in [2.24, 2.45) is 0 Å². The topological polar surface area (TPSA) is 90.5 Å². The first kappa shape index (κ1) is 30.0. The zero-order valence-corrected chi connectivity index (χ0v) is 25.1. The Morgan fingerprint density at radius 3 is 2.61 bits per heavy atom. The molecule has 232 valence electrons. The molecule has 9 nitrogen and oxygen atoms in total. The highest BCUT2D eigenvalue weighted by Crippen LogP contribution is 2.35. The summed E-state index contributed by atoms with van der Waals surface area (Å²) in [6.45, 7) is 11.0. The van der Waals surface area contributed by atoms with Gasteiger partial charge in [0.2, 0.25) is 5.91 Å². The third-order valence-electron chi connectivity index (χ3n) is 8.49. The van der Waals surface area contributed by atoms with Gasteiger partial charge in [-0.2, -0.15) is 13.2 Å². The van der Waals surface area contributed by atoms with Crippen molar-refractivity contribution in [1.82, 2.24) is 34.6 Å². The standard InChI is InChI=1S/C32H36F3N7O2/c1-4-40-9-11-41(12-10-40)18-23-6-5-22(13-26(23)32(33,34)35)14-28(43)42-17-20(2)29-24(19-42)15-25(16-37-29)44-27-7-8-36-31-30(27)38-21(3)39-31/h5-8,13,15-16,20H,4,9-12,14,17-19H2,1-3H3,(H,36,38,39). The van der Waals surface area contributed by atoms with Crippen LogP contribution in [0.15, 0.2) is 42.7 Å². The van der Waals surface area contributed by atoms with Gasteiger partial charge in [0, 0.05) is 64.0 Å². The molecule has 4 aromatic rings. The van der Waals surface area contributed by atoms with E-state index in [0.29, 0.717) is 41.3 Å². The molecule has 6 rings (SSSR count). The zero-order valence-electron chi connectivity index (χ0n) is 25.1. The number of piperazine rings is 1. The SMILES string of the molecule is CCN1CCN(Cc2ccc(CC(=O)N3Cc4cc(Oc5ccnc6nc(C)[nH]c56)cnc4C(C)C3)cc2C(F)(F)F)CC1. The first-order chi connectivity index (χ1) is 21.1. The fourth-order valence-corrected chi connectivity index (χ4v) is 6.14. The number of halogens is 3. The van der Waals surface area contributed by atoms with Gasteiger partial charge in [0.25, 0.3) is 0 Å². The van der Waals surface area contributed by atoms with Crippen LogP contribution < -0.4 is 4.74 Å². The van der Waals surface area contributed by atoms with Crippen LogP contribution in [0, 0.1) is 6.92 Å². The Morgan fingerprint density at radius 2 is 1.86 bits per heavy atom. The van der Waals surface area contributed by atoms with E-state index < -0.39 is 11.7 Å². The fourth-order valence-electron chi connectivity index (χ4n) is 6.14. The van der Waals surface area contributed by atoms with E-state index in [1.165, 1.54) is 6.07 Å². The normalized spacial score (nSPS) is 18.0. The van der Waals surface area contributed by atoms with Crippen LogP contribution in [0.25, 0.3) is 11.2 Å². The molecule has 5 heterocycles. The van der Waals surface area contributed by atoms with Crippen molar-refractivity contribution in [2.75, 3.05) is 39.3 Å².